The lowest BCUT2D eigenvalue weighted by molar-refractivity contribution is -0.135. The molecule has 102 valence electrons. The summed E-state index contributed by atoms with van der Waals surface area (Å²) in [7, 11) is 0. The van der Waals surface area contributed by atoms with Gasteiger partial charge in [0.05, 0.1) is 22.8 Å². The van der Waals surface area contributed by atoms with Gasteiger partial charge in [-0.05, 0) is 26.2 Å². The summed E-state index contributed by atoms with van der Waals surface area (Å²) in [6, 6.07) is 0. The minimum Gasteiger partial charge on any atom is -0.298 e. The molecule has 0 aromatic carbocycles. The van der Waals surface area contributed by atoms with Crippen LogP contribution in [0, 0.1) is 26.2 Å². The van der Waals surface area contributed by atoms with Gasteiger partial charge in [0.15, 0.2) is 0 Å². The summed E-state index contributed by atoms with van der Waals surface area (Å²) in [5.41, 5.74) is 2.64. The molecule has 0 atom stereocenters. The normalized spacial score (nSPS) is 19.8. The number of aryl methyl sites for hydroxylation is 3. The average Bonchev–Trinajstić information content (AvgIpc) is 2.22. The lowest BCUT2D eigenvalue weighted by Gasteiger charge is -2.32. The Balaban J connectivity index is 2.45. The van der Waals surface area contributed by atoms with Crippen molar-refractivity contribution in [1.82, 2.24) is 9.97 Å². The predicted octanol–water partition coefficient (Wildman–Crippen LogP) is 2.44. The SMILES string of the molecule is Cc1nc(C)c(C2C(=O)CC(C)(C)CC2=O)nc1C. The van der Waals surface area contributed by atoms with Crippen LogP contribution in [0.2, 0.25) is 0 Å². The summed E-state index contributed by atoms with van der Waals surface area (Å²) < 4.78 is 0. The summed E-state index contributed by atoms with van der Waals surface area (Å²) in [4.78, 5) is 33.4. The molecule has 0 unspecified atom stereocenters. The van der Waals surface area contributed by atoms with Gasteiger partial charge >= 0.3 is 0 Å². The first-order valence-electron chi connectivity index (χ1n) is 6.58. The van der Waals surface area contributed by atoms with Gasteiger partial charge in [-0.15, -0.1) is 0 Å². The molecule has 4 nitrogen and oxygen atoms in total. The van der Waals surface area contributed by atoms with Crippen LogP contribution in [0.1, 0.15) is 55.4 Å². The first kappa shape index (κ1) is 13.8. The van der Waals surface area contributed by atoms with Gasteiger partial charge in [-0.3, -0.25) is 19.6 Å². The number of Topliss-reactive ketones (excluding diaryl/α,β-unsaturated/α-hetero) is 2. The highest BCUT2D eigenvalue weighted by atomic mass is 16.2. The zero-order valence-corrected chi connectivity index (χ0v) is 12.2. The van der Waals surface area contributed by atoms with Crippen molar-refractivity contribution in [2.45, 2.75) is 53.4 Å². The number of aromatic nitrogens is 2. The van der Waals surface area contributed by atoms with Crippen molar-refractivity contribution in [2.24, 2.45) is 5.41 Å². The summed E-state index contributed by atoms with van der Waals surface area (Å²) in [6.07, 6.45) is 0.856. The maximum absolute atomic E-state index is 12.3. The average molecular weight is 260 g/mol. The van der Waals surface area contributed by atoms with Crippen molar-refractivity contribution in [3.63, 3.8) is 0 Å². The van der Waals surface area contributed by atoms with Gasteiger partial charge in [0.2, 0.25) is 0 Å². The Hall–Kier alpha value is -1.58. The highest BCUT2D eigenvalue weighted by Gasteiger charge is 2.41. The molecule has 0 aliphatic heterocycles. The van der Waals surface area contributed by atoms with E-state index >= 15 is 0 Å². The molecule has 1 aromatic rings. The van der Waals surface area contributed by atoms with Gasteiger partial charge in [-0.25, -0.2) is 0 Å². The number of nitrogens with zero attached hydrogens (tertiary/aromatic N) is 2. The van der Waals surface area contributed by atoms with Gasteiger partial charge < -0.3 is 0 Å². The van der Waals surface area contributed by atoms with Gasteiger partial charge in [-0.2, -0.15) is 0 Å². The molecule has 1 aliphatic rings. The Morgan fingerprint density at radius 1 is 0.895 bits per heavy atom. The molecule has 1 aliphatic carbocycles. The third-order valence-corrected chi connectivity index (χ3v) is 3.74. The molecular formula is C15H20N2O2. The Morgan fingerprint density at radius 3 is 1.89 bits per heavy atom. The maximum atomic E-state index is 12.3. The van der Waals surface area contributed by atoms with Crippen LogP contribution in [-0.2, 0) is 9.59 Å². The molecule has 0 amide bonds. The molecule has 1 aromatic heterocycles. The number of hydrogen-bond acceptors (Lipinski definition) is 4. The largest absolute Gasteiger partial charge is 0.298 e. The molecule has 0 radical (unpaired) electrons. The van der Waals surface area contributed by atoms with Crippen LogP contribution < -0.4 is 0 Å². The molecule has 4 heteroatoms. The summed E-state index contributed by atoms with van der Waals surface area (Å²) >= 11 is 0. The highest BCUT2D eigenvalue weighted by Crippen LogP contribution is 2.38. The molecule has 0 N–H and O–H groups in total. The smallest absolute Gasteiger partial charge is 0.149 e. The summed E-state index contributed by atoms with van der Waals surface area (Å²) in [5, 5.41) is 0. The van der Waals surface area contributed by atoms with Crippen LogP contribution in [-0.4, -0.2) is 21.5 Å². The van der Waals surface area contributed by atoms with E-state index in [-0.39, 0.29) is 17.0 Å². The minimum absolute atomic E-state index is 0.0260. The summed E-state index contributed by atoms with van der Waals surface area (Å²) in [5.74, 6) is -0.761. The molecule has 2 rings (SSSR count). The standard InChI is InChI=1S/C15H20N2O2/c1-8-9(2)17-14(10(3)16-8)13-11(18)6-15(4,5)7-12(13)19/h13H,6-7H2,1-5H3. The van der Waals surface area contributed by atoms with Crippen LogP contribution in [0.3, 0.4) is 0 Å². The number of hydrogen-bond donors (Lipinski definition) is 0. The van der Waals surface area contributed by atoms with E-state index in [1.54, 1.807) is 0 Å². The lowest BCUT2D eigenvalue weighted by Crippen LogP contribution is -2.37. The minimum atomic E-state index is -0.708. The number of carbonyl (C=O) groups excluding carboxylic acids is 2. The Labute approximate surface area is 113 Å². The zero-order valence-electron chi connectivity index (χ0n) is 12.2. The Morgan fingerprint density at radius 2 is 1.37 bits per heavy atom. The van der Waals surface area contributed by atoms with Crippen molar-refractivity contribution in [1.29, 1.82) is 0 Å². The topological polar surface area (TPSA) is 59.9 Å². The van der Waals surface area contributed by atoms with E-state index in [1.807, 2.05) is 34.6 Å². The fraction of sp³-hybridized carbons (Fsp3) is 0.600. The van der Waals surface area contributed by atoms with E-state index in [1.165, 1.54) is 0 Å². The quantitative estimate of drug-likeness (QED) is 0.728. The van der Waals surface area contributed by atoms with E-state index in [4.69, 9.17) is 0 Å². The van der Waals surface area contributed by atoms with E-state index in [0.29, 0.717) is 24.2 Å². The van der Waals surface area contributed by atoms with Crippen LogP contribution in [0.4, 0.5) is 0 Å². The molecule has 0 spiro atoms. The monoisotopic (exact) mass is 260 g/mol. The molecule has 0 bridgehead atoms. The number of ketones is 2. The molecular weight excluding hydrogens is 240 g/mol. The predicted molar refractivity (Wildman–Crippen MR) is 72.0 cm³/mol. The molecule has 1 heterocycles. The van der Waals surface area contributed by atoms with Crippen molar-refractivity contribution in [2.75, 3.05) is 0 Å². The Bertz CT molecular complexity index is 542. The fourth-order valence-electron chi connectivity index (χ4n) is 2.70. The van der Waals surface area contributed by atoms with Crippen LogP contribution in [0.25, 0.3) is 0 Å². The van der Waals surface area contributed by atoms with Crippen molar-refractivity contribution in [3.05, 3.63) is 22.8 Å². The van der Waals surface area contributed by atoms with Gasteiger partial charge in [0, 0.05) is 12.8 Å². The fourth-order valence-corrected chi connectivity index (χ4v) is 2.70. The first-order chi connectivity index (χ1) is 8.71. The molecule has 1 saturated carbocycles. The van der Waals surface area contributed by atoms with E-state index in [2.05, 4.69) is 9.97 Å². The molecule has 19 heavy (non-hydrogen) atoms. The van der Waals surface area contributed by atoms with Gasteiger partial charge in [0.25, 0.3) is 0 Å². The summed E-state index contributed by atoms with van der Waals surface area (Å²) in [6.45, 7) is 9.46. The van der Waals surface area contributed by atoms with E-state index in [9.17, 15) is 9.59 Å². The first-order valence-corrected chi connectivity index (χ1v) is 6.58. The van der Waals surface area contributed by atoms with Gasteiger partial charge in [-0.1, -0.05) is 13.8 Å². The third kappa shape index (κ3) is 2.57. The third-order valence-electron chi connectivity index (χ3n) is 3.74. The van der Waals surface area contributed by atoms with Gasteiger partial charge in [0.1, 0.15) is 17.5 Å². The molecule has 0 saturated heterocycles. The maximum Gasteiger partial charge on any atom is 0.149 e. The van der Waals surface area contributed by atoms with Crippen molar-refractivity contribution >= 4 is 11.6 Å². The van der Waals surface area contributed by atoms with Crippen LogP contribution in [0.15, 0.2) is 0 Å². The second-order valence-electron chi connectivity index (χ2n) is 6.25. The molecule has 1 fully saturated rings. The van der Waals surface area contributed by atoms with E-state index in [0.717, 1.165) is 11.4 Å². The van der Waals surface area contributed by atoms with Crippen molar-refractivity contribution in [3.8, 4) is 0 Å². The lowest BCUT2D eigenvalue weighted by atomic mass is 9.70. The number of rotatable bonds is 1. The second-order valence-corrected chi connectivity index (χ2v) is 6.25. The van der Waals surface area contributed by atoms with Crippen molar-refractivity contribution < 1.29 is 9.59 Å². The zero-order chi connectivity index (χ0) is 14.4. The van der Waals surface area contributed by atoms with Crippen LogP contribution in [0.5, 0.6) is 0 Å². The Kier molecular flexibility index (Phi) is 3.29. The van der Waals surface area contributed by atoms with E-state index < -0.39 is 5.92 Å². The second kappa shape index (κ2) is 4.51. The number of carbonyl (C=O) groups is 2. The highest BCUT2D eigenvalue weighted by molar-refractivity contribution is 6.09. The van der Waals surface area contributed by atoms with Crippen LogP contribution >= 0.6 is 0 Å².